The molecule has 0 aliphatic carbocycles. The van der Waals surface area contributed by atoms with E-state index in [1.54, 1.807) is 0 Å². The molecule has 1 fully saturated rings. The average molecular weight is 188 g/mol. The maximum Gasteiger partial charge on any atom is 0.156 e. The van der Waals surface area contributed by atoms with Crippen molar-refractivity contribution < 1.29 is 4.74 Å². The van der Waals surface area contributed by atoms with Gasteiger partial charge in [0.1, 0.15) is 0 Å². The monoisotopic (exact) mass is 188 g/mol. The van der Waals surface area contributed by atoms with Gasteiger partial charge in [-0.2, -0.15) is 5.26 Å². The summed E-state index contributed by atoms with van der Waals surface area (Å²) < 4.78 is 5.37. The molecule has 2 unspecified atom stereocenters. The third-order valence-corrected chi connectivity index (χ3v) is 2.36. The van der Waals surface area contributed by atoms with Crippen LogP contribution in [0.15, 0.2) is 30.3 Å². The largest absolute Gasteiger partial charge is 0.360 e. The van der Waals surface area contributed by atoms with Crippen LogP contribution in [0.5, 0.6) is 0 Å². The lowest BCUT2D eigenvalue weighted by Gasteiger charge is -2.27. The van der Waals surface area contributed by atoms with Crippen LogP contribution in [0.3, 0.4) is 0 Å². The van der Waals surface area contributed by atoms with Gasteiger partial charge in [-0.1, -0.05) is 30.3 Å². The van der Waals surface area contributed by atoms with Gasteiger partial charge in [0.05, 0.1) is 18.7 Å². The first kappa shape index (κ1) is 9.20. The normalized spacial score (nSPS) is 26.8. The molecule has 2 atom stereocenters. The molecule has 1 saturated heterocycles. The molecular formula is C11H12N2O. The molecule has 1 aromatic rings. The van der Waals surface area contributed by atoms with Crippen LogP contribution in [-0.4, -0.2) is 19.3 Å². The van der Waals surface area contributed by atoms with Crippen molar-refractivity contribution in [2.45, 2.75) is 12.1 Å². The summed E-state index contributed by atoms with van der Waals surface area (Å²) >= 11 is 0. The van der Waals surface area contributed by atoms with Crippen LogP contribution >= 0.6 is 0 Å². The Bertz CT molecular complexity index is 323. The van der Waals surface area contributed by atoms with Crippen molar-refractivity contribution in [1.82, 2.24) is 5.32 Å². The number of nitrogens with zero attached hydrogens (tertiary/aromatic N) is 1. The average Bonchev–Trinajstić information content (AvgIpc) is 2.30. The summed E-state index contributed by atoms with van der Waals surface area (Å²) in [7, 11) is 0. The third kappa shape index (κ3) is 1.92. The highest BCUT2D eigenvalue weighted by Gasteiger charge is 2.21. The Hall–Kier alpha value is -1.37. The topological polar surface area (TPSA) is 45.0 Å². The summed E-state index contributed by atoms with van der Waals surface area (Å²) in [4.78, 5) is 0. The fourth-order valence-electron chi connectivity index (χ4n) is 1.56. The van der Waals surface area contributed by atoms with E-state index in [0.717, 1.165) is 0 Å². The summed E-state index contributed by atoms with van der Waals surface area (Å²) in [5, 5.41) is 11.9. The lowest BCUT2D eigenvalue weighted by atomic mass is 10.1. The van der Waals surface area contributed by atoms with Gasteiger partial charge < -0.3 is 10.1 Å². The maximum atomic E-state index is 8.63. The van der Waals surface area contributed by atoms with Gasteiger partial charge in [-0.05, 0) is 5.56 Å². The summed E-state index contributed by atoms with van der Waals surface area (Å²) in [6, 6.07) is 12.4. The number of ether oxygens (including phenoxy) is 1. The minimum atomic E-state index is -0.296. The van der Waals surface area contributed by atoms with E-state index < -0.39 is 0 Å². The van der Waals surface area contributed by atoms with Crippen LogP contribution < -0.4 is 5.32 Å². The molecule has 1 heterocycles. The zero-order valence-electron chi connectivity index (χ0n) is 7.81. The molecule has 3 heteroatoms. The zero-order chi connectivity index (χ0) is 9.80. The minimum absolute atomic E-state index is 0.223. The summed E-state index contributed by atoms with van der Waals surface area (Å²) in [6.45, 7) is 1.18. The molecule has 14 heavy (non-hydrogen) atoms. The van der Waals surface area contributed by atoms with Gasteiger partial charge in [-0.15, -0.1) is 0 Å². The Morgan fingerprint density at radius 1 is 1.36 bits per heavy atom. The van der Waals surface area contributed by atoms with Gasteiger partial charge in [-0.3, -0.25) is 0 Å². The summed E-state index contributed by atoms with van der Waals surface area (Å²) in [5.74, 6) is 0. The van der Waals surface area contributed by atoms with Crippen molar-refractivity contribution in [1.29, 1.82) is 5.26 Å². The lowest BCUT2D eigenvalue weighted by Crippen LogP contribution is -2.40. The van der Waals surface area contributed by atoms with Gasteiger partial charge in [0, 0.05) is 6.54 Å². The number of rotatable bonds is 1. The molecule has 1 aliphatic rings. The molecule has 1 N–H and O–H groups in total. The van der Waals surface area contributed by atoms with Crippen LogP contribution in [0.25, 0.3) is 0 Å². The Morgan fingerprint density at radius 2 is 2.14 bits per heavy atom. The highest BCUT2D eigenvalue weighted by molar-refractivity contribution is 5.19. The summed E-state index contributed by atoms with van der Waals surface area (Å²) in [6.07, 6.45) is -0.296. The number of benzene rings is 1. The second-order valence-corrected chi connectivity index (χ2v) is 3.32. The van der Waals surface area contributed by atoms with Crippen molar-refractivity contribution >= 4 is 0 Å². The number of nitrogens with one attached hydrogen (secondary N) is 1. The van der Waals surface area contributed by atoms with Crippen LogP contribution in [0.2, 0.25) is 0 Å². The molecule has 0 saturated carbocycles. The SMILES string of the molecule is N#CC1CNC(c2ccccc2)CO1. The van der Waals surface area contributed by atoms with E-state index in [1.807, 2.05) is 18.2 Å². The molecule has 2 rings (SSSR count). The number of hydrogen-bond donors (Lipinski definition) is 1. The van der Waals surface area contributed by atoms with E-state index in [9.17, 15) is 0 Å². The zero-order valence-corrected chi connectivity index (χ0v) is 7.81. The first-order valence-corrected chi connectivity index (χ1v) is 4.69. The predicted molar refractivity (Wildman–Crippen MR) is 52.5 cm³/mol. The van der Waals surface area contributed by atoms with Crippen LogP contribution in [0.1, 0.15) is 11.6 Å². The van der Waals surface area contributed by atoms with Gasteiger partial charge >= 0.3 is 0 Å². The molecule has 72 valence electrons. The van der Waals surface area contributed by atoms with Crippen molar-refractivity contribution in [2.75, 3.05) is 13.2 Å². The van der Waals surface area contributed by atoms with Crippen LogP contribution in [-0.2, 0) is 4.74 Å². The molecule has 3 nitrogen and oxygen atoms in total. The fourth-order valence-corrected chi connectivity index (χ4v) is 1.56. The Balaban J connectivity index is 2.00. The molecule has 1 aliphatic heterocycles. The molecular weight excluding hydrogens is 176 g/mol. The van der Waals surface area contributed by atoms with Crippen LogP contribution in [0, 0.1) is 11.3 Å². The molecule has 0 amide bonds. The van der Waals surface area contributed by atoms with Crippen molar-refractivity contribution in [3.8, 4) is 6.07 Å². The van der Waals surface area contributed by atoms with Crippen LogP contribution in [0.4, 0.5) is 0 Å². The number of nitriles is 1. The smallest absolute Gasteiger partial charge is 0.156 e. The van der Waals surface area contributed by atoms with Crippen molar-refractivity contribution in [2.24, 2.45) is 0 Å². The molecule has 0 spiro atoms. The Morgan fingerprint density at radius 3 is 2.71 bits per heavy atom. The van der Waals surface area contributed by atoms with E-state index in [-0.39, 0.29) is 12.1 Å². The van der Waals surface area contributed by atoms with E-state index >= 15 is 0 Å². The Kier molecular flexibility index (Phi) is 2.78. The van der Waals surface area contributed by atoms with E-state index in [4.69, 9.17) is 10.00 Å². The molecule has 0 radical (unpaired) electrons. The van der Waals surface area contributed by atoms with Crippen molar-refractivity contribution in [3.63, 3.8) is 0 Å². The van der Waals surface area contributed by atoms with Gasteiger partial charge in [0.25, 0.3) is 0 Å². The lowest BCUT2D eigenvalue weighted by molar-refractivity contribution is 0.0356. The second kappa shape index (κ2) is 4.23. The second-order valence-electron chi connectivity index (χ2n) is 3.32. The number of hydrogen-bond acceptors (Lipinski definition) is 3. The van der Waals surface area contributed by atoms with Gasteiger partial charge in [-0.25, -0.2) is 0 Å². The van der Waals surface area contributed by atoms with Gasteiger partial charge in [0.2, 0.25) is 0 Å². The molecule has 1 aromatic carbocycles. The minimum Gasteiger partial charge on any atom is -0.360 e. The number of morpholine rings is 1. The highest BCUT2D eigenvalue weighted by atomic mass is 16.5. The first-order chi connectivity index (χ1) is 6.90. The fraction of sp³-hybridized carbons (Fsp3) is 0.364. The highest BCUT2D eigenvalue weighted by Crippen LogP contribution is 2.16. The van der Waals surface area contributed by atoms with E-state index in [0.29, 0.717) is 13.2 Å². The Labute approximate surface area is 83.3 Å². The molecule has 0 aromatic heterocycles. The molecule has 0 bridgehead atoms. The van der Waals surface area contributed by atoms with Crippen molar-refractivity contribution in [3.05, 3.63) is 35.9 Å². The quantitative estimate of drug-likeness (QED) is 0.721. The van der Waals surface area contributed by atoms with E-state index in [2.05, 4.69) is 23.5 Å². The van der Waals surface area contributed by atoms with Gasteiger partial charge in [0.15, 0.2) is 6.10 Å². The van der Waals surface area contributed by atoms with E-state index in [1.165, 1.54) is 5.56 Å². The maximum absolute atomic E-state index is 8.63. The predicted octanol–water partition coefficient (Wildman–Crippen LogP) is 1.24. The summed E-state index contributed by atoms with van der Waals surface area (Å²) in [5.41, 5.74) is 1.21. The third-order valence-electron chi connectivity index (χ3n) is 2.36. The standard InChI is InChI=1S/C11H12N2O/c12-6-10-7-13-11(8-14-10)9-4-2-1-3-5-9/h1-5,10-11,13H,7-8H2. The first-order valence-electron chi connectivity index (χ1n) is 4.69.